The number of esters is 1. The Balaban J connectivity index is 2.68. The Bertz CT molecular complexity index is 181. The van der Waals surface area contributed by atoms with E-state index < -0.39 is 12.2 Å². The van der Waals surface area contributed by atoms with E-state index in [4.69, 9.17) is 9.84 Å². The fourth-order valence-electron chi connectivity index (χ4n) is 0.999. The van der Waals surface area contributed by atoms with Crippen LogP contribution >= 0.6 is 0 Å². The molecule has 2 atom stereocenters. The summed E-state index contributed by atoms with van der Waals surface area (Å²) in [6.07, 6.45) is 0.368. The molecule has 56 valence electrons. The van der Waals surface area contributed by atoms with Crippen molar-refractivity contribution in [3.8, 4) is 0 Å². The second kappa shape index (κ2) is 2.42. The maximum atomic E-state index is 10.6. The van der Waals surface area contributed by atoms with Crippen LogP contribution in [0.15, 0.2) is 11.6 Å². The first-order chi connectivity index (χ1) is 4.61. The minimum absolute atomic E-state index is 0.358. The molecule has 0 unspecified atom stereocenters. The molecule has 0 aromatic rings. The summed E-state index contributed by atoms with van der Waals surface area (Å²) in [5.41, 5.74) is 0.792. The summed E-state index contributed by atoms with van der Waals surface area (Å²) in [6.45, 7) is 3.36. The summed E-state index contributed by atoms with van der Waals surface area (Å²) < 4.78 is 4.75. The maximum absolute atomic E-state index is 10.6. The number of hydrogen-bond acceptors (Lipinski definition) is 3. The topological polar surface area (TPSA) is 46.5 Å². The third kappa shape index (κ3) is 1.19. The van der Waals surface area contributed by atoms with Crippen LogP contribution in [-0.4, -0.2) is 23.3 Å². The second-order valence-electron chi connectivity index (χ2n) is 2.49. The van der Waals surface area contributed by atoms with Gasteiger partial charge >= 0.3 is 5.97 Å². The van der Waals surface area contributed by atoms with Crippen molar-refractivity contribution in [3.05, 3.63) is 11.6 Å². The molecule has 3 heteroatoms. The van der Waals surface area contributed by atoms with Crippen LogP contribution in [0.5, 0.6) is 0 Å². The number of ether oxygens (including phenoxy) is 1. The van der Waals surface area contributed by atoms with Gasteiger partial charge in [-0.1, -0.05) is 0 Å². The molecule has 0 fully saturated rings. The van der Waals surface area contributed by atoms with Gasteiger partial charge in [0.1, 0.15) is 6.10 Å². The van der Waals surface area contributed by atoms with E-state index in [2.05, 4.69) is 0 Å². The van der Waals surface area contributed by atoms with Crippen molar-refractivity contribution >= 4 is 5.97 Å². The lowest BCUT2D eigenvalue weighted by molar-refractivity contribution is -0.142. The zero-order valence-corrected chi connectivity index (χ0v) is 6.00. The van der Waals surface area contributed by atoms with Gasteiger partial charge in [-0.25, -0.2) is 4.79 Å². The number of carbonyl (C=O) groups excluding carboxylic acids is 1. The third-order valence-corrected chi connectivity index (χ3v) is 1.48. The van der Waals surface area contributed by atoms with E-state index in [-0.39, 0.29) is 5.97 Å². The van der Waals surface area contributed by atoms with Crippen molar-refractivity contribution in [1.29, 1.82) is 0 Å². The zero-order valence-electron chi connectivity index (χ0n) is 6.00. The SMILES string of the molecule is CC1=CC(=O)O[C@H]1[C@H](C)O. The highest BCUT2D eigenvalue weighted by Gasteiger charge is 2.26. The fraction of sp³-hybridized carbons (Fsp3) is 0.571. The molecular weight excluding hydrogens is 132 g/mol. The van der Waals surface area contributed by atoms with Crippen LogP contribution in [0.1, 0.15) is 13.8 Å². The van der Waals surface area contributed by atoms with E-state index >= 15 is 0 Å². The molecule has 1 aliphatic rings. The normalized spacial score (nSPS) is 27.7. The Morgan fingerprint density at radius 3 is 2.60 bits per heavy atom. The first-order valence-electron chi connectivity index (χ1n) is 3.18. The Labute approximate surface area is 59.3 Å². The van der Waals surface area contributed by atoms with Crippen LogP contribution < -0.4 is 0 Å². The predicted octanol–water partition coefficient (Wildman–Crippen LogP) is 0.239. The van der Waals surface area contributed by atoms with Gasteiger partial charge in [0.05, 0.1) is 6.10 Å². The molecule has 0 aliphatic carbocycles. The average Bonchev–Trinajstić information content (AvgIpc) is 2.10. The van der Waals surface area contributed by atoms with Crippen LogP contribution in [0, 0.1) is 0 Å². The van der Waals surface area contributed by atoms with Gasteiger partial charge in [-0.3, -0.25) is 0 Å². The quantitative estimate of drug-likeness (QED) is 0.533. The third-order valence-electron chi connectivity index (χ3n) is 1.48. The standard InChI is InChI=1S/C7H10O3/c1-4-3-6(9)10-7(4)5(2)8/h3,5,7-8H,1-2H3/t5-,7+/m0/s1. The molecule has 1 rings (SSSR count). The van der Waals surface area contributed by atoms with Crippen LogP contribution in [0.4, 0.5) is 0 Å². The maximum Gasteiger partial charge on any atom is 0.331 e. The summed E-state index contributed by atoms with van der Waals surface area (Å²) in [5, 5.41) is 9.02. The smallest absolute Gasteiger partial charge is 0.331 e. The van der Waals surface area contributed by atoms with E-state index in [0.29, 0.717) is 0 Å². The minimum atomic E-state index is -0.609. The number of hydrogen-bond donors (Lipinski definition) is 1. The average molecular weight is 142 g/mol. The van der Waals surface area contributed by atoms with Gasteiger partial charge in [0.25, 0.3) is 0 Å². The van der Waals surface area contributed by atoms with Crippen molar-refractivity contribution in [2.45, 2.75) is 26.1 Å². The molecule has 0 saturated carbocycles. The van der Waals surface area contributed by atoms with Crippen molar-refractivity contribution in [2.24, 2.45) is 0 Å². The molecule has 10 heavy (non-hydrogen) atoms. The summed E-state index contributed by atoms with van der Waals surface area (Å²) in [4.78, 5) is 10.6. The number of cyclic esters (lactones) is 1. The van der Waals surface area contributed by atoms with E-state index in [0.717, 1.165) is 5.57 Å². The molecule has 0 aromatic heterocycles. The molecule has 0 spiro atoms. The van der Waals surface area contributed by atoms with E-state index in [1.54, 1.807) is 13.8 Å². The van der Waals surface area contributed by atoms with E-state index in [9.17, 15) is 4.79 Å². The van der Waals surface area contributed by atoms with Crippen LogP contribution in [0.2, 0.25) is 0 Å². The van der Waals surface area contributed by atoms with Crippen LogP contribution in [-0.2, 0) is 9.53 Å². The summed E-state index contributed by atoms with van der Waals surface area (Å²) in [6, 6.07) is 0. The molecule has 0 amide bonds. The molecule has 0 bridgehead atoms. The van der Waals surface area contributed by atoms with Crippen molar-refractivity contribution in [1.82, 2.24) is 0 Å². The minimum Gasteiger partial charge on any atom is -0.452 e. The molecular formula is C7H10O3. The molecule has 3 nitrogen and oxygen atoms in total. The monoisotopic (exact) mass is 142 g/mol. The lowest BCUT2D eigenvalue weighted by Gasteiger charge is -2.13. The number of carbonyl (C=O) groups is 1. The van der Waals surface area contributed by atoms with Gasteiger partial charge in [-0.05, 0) is 19.4 Å². The molecule has 1 aliphatic heterocycles. The van der Waals surface area contributed by atoms with Gasteiger partial charge in [0.2, 0.25) is 0 Å². The van der Waals surface area contributed by atoms with Gasteiger partial charge in [-0.2, -0.15) is 0 Å². The zero-order chi connectivity index (χ0) is 7.72. The van der Waals surface area contributed by atoms with E-state index in [1.807, 2.05) is 0 Å². The first-order valence-corrected chi connectivity index (χ1v) is 3.18. The molecule has 0 saturated heterocycles. The Kier molecular flexibility index (Phi) is 1.76. The largest absolute Gasteiger partial charge is 0.452 e. The van der Waals surface area contributed by atoms with Gasteiger partial charge in [0, 0.05) is 6.08 Å². The summed E-state index contributed by atoms with van der Waals surface area (Å²) >= 11 is 0. The second-order valence-corrected chi connectivity index (χ2v) is 2.49. The molecule has 1 heterocycles. The Morgan fingerprint density at radius 1 is 1.80 bits per heavy atom. The first kappa shape index (κ1) is 7.28. The lowest BCUT2D eigenvalue weighted by atomic mass is 10.1. The highest BCUT2D eigenvalue weighted by Crippen LogP contribution is 2.17. The van der Waals surface area contributed by atoms with E-state index in [1.165, 1.54) is 6.08 Å². The van der Waals surface area contributed by atoms with Gasteiger partial charge < -0.3 is 9.84 Å². The predicted molar refractivity (Wildman–Crippen MR) is 35.3 cm³/mol. The molecule has 0 radical (unpaired) electrons. The fourth-order valence-corrected chi connectivity index (χ4v) is 0.999. The number of rotatable bonds is 1. The van der Waals surface area contributed by atoms with Crippen molar-refractivity contribution < 1.29 is 14.6 Å². The summed E-state index contributed by atoms with van der Waals surface area (Å²) in [5.74, 6) is -0.358. The van der Waals surface area contributed by atoms with Crippen LogP contribution in [0.3, 0.4) is 0 Å². The highest BCUT2D eigenvalue weighted by atomic mass is 16.6. The van der Waals surface area contributed by atoms with Crippen molar-refractivity contribution in [2.75, 3.05) is 0 Å². The van der Waals surface area contributed by atoms with Gasteiger partial charge in [0.15, 0.2) is 0 Å². The van der Waals surface area contributed by atoms with Gasteiger partial charge in [-0.15, -0.1) is 0 Å². The summed E-state index contributed by atoms with van der Waals surface area (Å²) in [7, 11) is 0. The number of aliphatic hydroxyl groups is 1. The Morgan fingerprint density at radius 2 is 2.40 bits per heavy atom. The lowest BCUT2D eigenvalue weighted by Crippen LogP contribution is -2.24. The number of aliphatic hydroxyl groups excluding tert-OH is 1. The molecule has 1 N–H and O–H groups in total. The Hall–Kier alpha value is -0.830. The highest BCUT2D eigenvalue weighted by molar-refractivity contribution is 5.85. The van der Waals surface area contributed by atoms with Crippen molar-refractivity contribution in [3.63, 3.8) is 0 Å². The van der Waals surface area contributed by atoms with Crippen LogP contribution in [0.25, 0.3) is 0 Å². The molecule has 0 aromatic carbocycles.